The third-order valence-electron chi connectivity index (χ3n) is 8.86. The third-order valence-corrected chi connectivity index (χ3v) is 8.86. The predicted molar refractivity (Wildman–Crippen MR) is 176 cm³/mol. The van der Waals surface area contributed by atoms with Gasteiger partial charge >= 0.3 is 0 Å². The molecule has 4 aromatic carbocycles. The summed E-state index contributed by atoms with van der Waals surface area (Å²) in [6, 6.07) is 39.8. The highest BCUT2D eigenvalue weighted by atomic mass is 16.6. The first-order valence-corrected chi connectivity index (χ1v) is 16.1. The molecule has 0 unspecified atom stereocenters. The zero-order chi connectivity index (χ0) is 30.3. The summed E-state index contributed by atoms with van der Waals surface area (Å²) in [7, 11) is 0. The van der Waals surface area contributed by atoms with Gasteiger partial charge in [0.15, 0.2) is 5.58 Å². The number of hydrogen-bond donors (Lipinski definition) is 0. The van der Waals surface area contributed by atoms with Crippen LogP contribution in [0, 0.1) is 5.92 Å². The summed E-state index contributed by atoms with van der Waals surface area (Å²) < 4.78 is 26.2. The maximum Gasteiger partial charge on any atom is 0.298 e. The van der Waals surface area contributed by atoms with E-state index in [1.165, 1.54) is 0 Å². The fraction of sp³-hybridized carbons (Fsp3) is 0.342. The lowest BCUT2D eigenvalue weighted by molar-refractivity contribution is -0.185. The van der Waals surface area contributed by atoms with Crippen LogP contribution in [0.3, 0.4) is 0 Å². The molecule has 0 amide bonds. The number of para-hydroxylation sites is 2. The average molecular weight is 604 g/mol. The summed E-state index contributed by atoms with van der Waals surface area (Å²) >= 11 is 0. The van der Waals surface area contributed by atoms with Gasteiger partial charge in [0.1, 0.15) is 11.6 Å². The number of nitrogens with zero attached hydrogens (tertiary/aromatic N) is 3. The number of oxazole rings is 1. The van der Waals surface area contributed by atoms with E-state index in [1.807, 2.05) is 42.5 Å². The number of ether oxygens (including phenoxy) is 3. The van der Waals surface area contributed by atoms with Crippen LogP contribution in [0.25, 0.3) is 11.1 Å². The van der Waals surface area contributed by atoms with Crippen molar-refractivity contribution in [2.45, 2.75) is 44.6 Å². The van der Waals surface area contributed by atoms with Crippen molar-refractivity contribution in [2.24, 2.45) is 5.92 Å². The van der Waals surface area contributed by atoms with Crippen LogP contribution in [0.1, 0.15) is 23.1 Å². The van der Waals surface area contributed by atoms with Gasteiger partial charge in [0.2, 0.25) is 0 Å². The third kappa shape index (κ3) is 7.63. The van der Waals surface area contributed by atoms with E-state index in [2.05, 4.69) is 82.6 Å². The normalized spacial score (nSPS) is 21.1. The maximum atomic E-state index is 6.69. The van der Waals surface area contributed by atoms with Crippen LogP contribution in [0.15, 0.2) is 120 Å². The van der Waals surface area contributed by atoms with Gasteiger partial charge in [0.05, 0.1) is 32.0 Å². The molecule has 0 aliphatic carbocycles. The Morgan fingerprint density at radius 2 is 1.16 bits per heavy atom. The Hall–Kier alpha value is -4.01. The van der Waals surface area contributed by atoms with Crippen LogP contribution in [0.4, 0.5) is 6.01 Å². The van der Waals surface area contributed by atoms with E-state index in [1.54, 1.807) is 0 Å². The first kappa shape index (κ1) is 29.7. The van der Waals surface area contributed by atoms with E-state index in [0.717, 1.165) is 72.9 Å². The minimum atomic E-state index is -0.200. The summed E-state index contributed by atoms with van der Waals surface area (Å²) in [6.07, 6.45) is 0.610. The molecule has 0 N–H and O–H groups in total. The Balaban J connectivity index is 1.07. The van der Waals surface area contributed by atoms with Crippen molar-refractivity contribution in [2.75, 3.05) is 37.6 Å². The second-order valence-corrected chi connectivity index (χ2v) is 12.2. The Bertz CT molecular complexity index is 1530. The molecule has 1 aromatic heterocycles. The van der Waals surface area contributed by atoms with Gasteiger partial charge in [-0.2, -0.15) is 4.98 Å². The molecule has 2 fully saturated rings. The molecule has 2 aliphatic rings. The lowest BCUT2D eigenvalue weighted by atomic mass is 9.98. The molecule has 2 saturated heterocycles. The highest BCUT2D eigenvalue weighted by molar-refractivity contribution is 5.74. The van der Waals surface area contributed by atoms with Crippen molar-refractivity contribution in [1.82, 2.24) is 9.88 Å². The summed E-state index contributed by atoms with van der Waals surface area (Å²) in [5.74, 6) is 0.492. The van der Waals surface area contributed by atoms with Crippen LogP contribution in [0.5, 0.6) is 0 Å². The van der Waals surface area contributed by atoms with Crippen molar-refractivity contribution >= 4 is 17.1 Å². The molecule has 45 heavy (non-hydrogen) atoms. The van der Waals surface area contributed by atoms with E-state index in [4.69, 9.17) is 23.6 Å². The van der Waals surface area contributed by atoms with Crippen LogP contribution in [-0.2, 0) is 34.0 Å². The molecule has 7 nitrogen and oxygen atoms in total. The largest absolute Gasteiger partial charge is 0.423 e. The number of piperidine rings is 1. The first-order valence-electron chi connectivity index (χ1n) is 16.1. The molecule has 0 bridgehead atoms. The van der Waals surface area contributed by atoms with Crippen LogP contribution >= 0.6 is 0 Å². The first-order chi connectivity index (χ1) is 22.3. The van der Waals surface area contributed by atoms with Crippen molar-refractivity contribution in [3.8, 4) is 0 Å². The number of benzene rings is 4. The maximum absolute atomic E-state index is 6.69. The van der Waals surface area contributed by atoms with Crippen LogP contribution in [0.2, 0.25) is 0 Å². The van der Waals surface area contributed by atoms with E-state index in [9.17, 15) is 0 Å². The molecule has 3 heterocycles. The van der Waals surface area contributed by atoms with Crippen molar-refractivity contribution in [3.05, 3.63) is 132 Å². The number of rotatable bonds is 12. The molecule has 7 rings (SSSR count). The fourth-order valence-corrected chi connectivity index (χ4v) is 6.53. The van der Waals surface area contributed by atoms with Crippen molar-refractivity contribution in [1.29, 1.82) is 0 Å². The molecular weight excluding hydrogens is 562 g/mol. The Morgan fingerprint density at radius 3 is 1.73 bits per heavy atom. The van der Waals surface area contributed by atoms with Gasteiger partial charge in [0, 0.05) is 32.7 Å². The molecule has 232 valence electrons. The molecule has 0 saturated carbocycles. The predicted octanol–water partition coefficient (Wildman–Crippen LogP) is 6.73. The zero-order valence-electron chi connectivity index (χ0n) is 25.6. The summed E-state index contributed by atoms with van der Waals surface area (Å²) in [5.41, 5.74) is 5.20. The van der Waals surface area contributed by atoms with E-state index in [-0.39, 0.29) is 18.3 Å². The standard InChI is InChI=1S/C38H41N3O4/c1-4-12-29(13-5-1)26-42-35-24-40(22-32-20-21-41(23-32)38-39-33-18-10-11-19-34(33)45-38)25-36(43-27-30-14-6-2-7-15-30)37(35)44-28-31-16-8-3-9-17-31/h1-19,32,35-37H,20-28H2/t32-,35-,36-/m1/s1. The molecule has 0 spiro atoms. The van der Waals surface area contributed by atoms with Gasteiger partial charge < -0.3 is 23.5 Å². The molecule has 7 heteroatoms. The van der Waals surface area contributed by atoms with Crippen molar-refractivity contribution < 1.29 is 18.6 Å². The number of hydrogen-bond acceptors (Lipinski definition) is 7. The highest BCUT2D eigenvalue weighted by Gasteiger charge is 2.40. The topological polar surface area (TPSA) is 60.2 Å². The Morgan fingerprint density at radius 1 is 0.622 bits per heavy atom. The summed E-state index contributed by atoms with van der Waals surface area (Å²) in [5, 5.41) is 0. The SMILES string of the molecule is c1ccc(COC2[C@H](OCc3ccccc3)CN(C[C@H]3CCN(c4nc5ccccc5o4)C3)C[C@H]2OCc2ccccc2)cc1. The Kier molecular flexibility index (Phi) is 9.50. The van der Waals surface area contributed by atoms with E-state index >= 15 is 0 Å². The lowest BCUT2D eigenvalue weighted by Crippen LogP contribution is -2.58. The van der Waals surface area contributed by atoms with Gasteiger partial charge in [-0.25, -0.2) is 0 Å². The van der Waals surface area contributed by atoms with Gasteiger partial charge in [0.25, 0.3) is 6.01 Å². The van der Waals surface area contributed by atoms with Gasteiger partial charge in [-0.15, -0.1) is 0 Å². The summed E-state index contributed by atoms with van der Waals surface area (Å²) in [4.78, 5) is 9.56. The number of fused-ring (bicyclic) bond motifs is 1. The number of likely N-dealkylation sites (tertiary alicyclic amines) is 1. The molecule has 5 aromatic rings. The number of aromatic nitrogens is 1. The van der Waals surface area contributed by atoms with Gasteiger partial charge in [-0.1, -0.05) is 103 Å². The van der Waals surface area contributed by atoms with Crippen LogP contribution < -0.4 is 4.90 Å². The minimum absolute atomic E-state index is 0.141. The van der Waals surface area contributed by atoms with Crippen molar-refractivity contribution in [3.63, 3.8) is 0 Å². The van der Waals surface area contributed by atoms with Gasteiger partial charge in [-0.05, 0) is 41.2 Å². The fourth-order valence-electron chi connectivity index (χ4n) is 6.53. The molecule has 3 atom stereocenters. The average Bonchev–Trinajstić information content (AvgIpc) is 3.74. The van der Waals surface area contributed by atoms with Gasteiger partial charge in [-0.3, -0.25) is 4.90 Å². The molecule has 0 radical (unpaired) electrons. The lowest BCUT2D eigenvalue weighted by Gasteiger charge is -2.43. The van der Waals surface area contributed by atoms with Crippen LogP contribution in [-0.4, -0.2) is 60.9 Å². The zero-order valence-corrected chi connectivity index (χ0v) is 25.6. The van der Waals surface area contributed by atoms with E-state index < -0.39 is 0 Å². The molecule has 2 aliphatic heterocycles. The second kappa shape index (κ2) is 14.4. The molecular formula is C38H41N3O4. The Labute approximate surface area is 265 Å². The highest BCUT2D eigenvalue weighted by Crippen LogP contribution is 2.30. The summed E-state index contributed by atoms with van der Waals surface area (Å²) in [6.45, 7) is 5.98. The minimum Gasteiger partial charge on any atom is -0.423 e. The second-order valence-electron chi connectivity index (χ2n) is 12.2. The number of anilines is 1. The quantitative estimate of drug-likeness (QED) is 0.157. The monoisotopic (exact) mass is 603 g/mol. The van der Waals surface area contributed by atoms with E-state index in [0.29, 0.717) is 25.7 Å². The smallest absolute Gasteiger partial charge is 0.298 e.